The lowest BCUT2D eigenvalue weighted by molar-refractivity contribution is 0.120. The van der Waals surface area contributed by atoms with Crippen molar-refractivity contribution in [3.05, 3.63) is 34.6 Å². The van der Waals surface area contributed by atoms with E-state index in [2.05, 4.69) is 41.0 Å². The van der Waals surface area contributed by atoms with Crippen LogP contribution < -0.4 is 15.0 Å². The SMILES string of the molecule is C[C@H]1C[C@@H](N(C)C)CN1c1nc(-c2c(O)cccc2F)c(Cl)c2c1CN1CCNC[C@@H]1CO2. The number of phenols is 1. The van der Waals surface area contributed by atoms with Gasteiger partial charge in [-0.2, -0.15) is 0 Å². The lowest BCUT2D eigenvalue weighted by Crippen LogP contribution is -2.52. The maximum absolute atomic E-state index is 14.9. The van der Waals surface area contributed by atoms with E-state index in [0.29, 0.717) is 24.9 Å². The third kappa shape index (κ3) is 4.03. The Balaban J connectivity index is 1.68. The molecular formula is C24H31ClFN5O2. The topological polar surface area (TPSA) is 64.1 Å². The number of ether oxygens (including phenoxy) is 1. The number of halogens is 2. The molecular weight excluding hydrogens is 445 g/mol. The van der Waals surface area contributed by atoms with E-state index < -0.39 is 5.82 Å². The van der Waals surface area contributed by atoms with Crippen LogP contribution in [0, 0.1) is 5.82 Å². The number of aromatic nitrogens is 1. The summed E-state index contributed by atoms with van der Waals surface area (Å²) in [6.45, 7) is 6.84. The maximum atomic E-state index is 14.9. The zero-order valence-electron chi connectivity index (χ0n) is 19.3. The number of phenolic OH excluding ortho intramolecular Hbond substituents is 1. The quantitative estimate of drug-likeness (QED) is 0.707. The number of fused-ring (bicyclic) bond motifs is 2. The van der Waals surface area contributed by atoms with Crippen LogP contribution in [-0.4, -0.2) is 84.9 Å². The van der Waals surface area contributed by atoms with Gasteiger partial charge in [0, 0.05) is 44.8 Å². The van der Waals surface area contributed by atoms with Crippen molar-refractivity contribution in [2.24, 2.45) is 0 Å². The van der Waals surface area contributed by atoms with Crippen molar-refractivity contribution < 1.29 is 14.2 Å². The average Bonchev–Trinajstić information content (AvgIpc) is 3.06. The van der Waals surface area contributed by atoms with Crippen LogP contribution in [0.5, 0.6) is 11.5 Å². The third-order valence-corrected chi connectivity index (χ3v) is 7.56. The van der Waals surface area contributed by atoms with Crippen LogP contribution in [0.15, 0.2) is 18.2 Å². The van der Waals surface area contributed by atoms with Crippen LogP contribution in [0.1, 0.15) is 18.9 Å². The van der Waals surface area contributed by atoms with Crippen LogP contribution >= 0.6 is 11.6 Å². The van der Waals surface area contributed by atoms with Crippen LogP contribution in [0.25, 0.3) is 11.3 Å². The molecule has 2 fully saturated rings. The van der Waals surface area contributed by atoms with E-state index in [0.717, 1.165) is 44.0 Å². The summed E-state index contributed by atoms with van der Waals surface area (Å²) >= 11 is 6.84. The van der Waals surface area contributed by atoms with Crippen molar-refractivity contribution in [2.45, 2.75) is 38.0 Å². The number of aromatic hydroxyl groups is 1. The minimum absolute atomic E-state index is 0.00907. The van der Waals surface area contributed by atoms with Crippen molar-refractivity contribution in [1.29, 1.82) is 0 Å². The molecule has 5 rings (SSSR count). The Bertz CT molecular complexity index is 1030. The summed E-state index contributed by atoms with van der Waals surface area (Å²) in [5.41, 5.74) is 1.17. The molecule has 4 heterocycles. The molecule has 3 aliphatic rings. The fourth-order valence-corrected chi connectivity index (χ4v) is 5.54. The van der Waals surface area contributed by atoms with Gasteiger partial charge in [-0.05, 0) is 39.6 Å². The number of nitrogens with zero attached hydrogens (tertiary/aromatic N) is 4. The molecule has 0 saturated carbocycles. The lowest BCUT2D eigenvalue weighted by Gasteiger charge is -2.34. The first kappa shape index (κ1) is 22.7. The van der Waals surface area contributed by atoms with Crippen molar-refractivity contribution in [3.63, 3.8) is 0 Å². The van der Waals surface area contributed by atoms with Crippen LogP contribution in [0.4, 0.5) is 10.2 Å². The van der Waals surface area contributed by atoms with Gasteiger partial charge < -0.3 is 25.0 Å². The minimum atomic E-state index is -0.564. The zero-order chi connectivity index (χ0) is 23.3. The number of hydrogen-bond acceptors (Lipinski definition) is 7. The van der Waals surface area contributed by atoms with Gasteiger partial charge in [0.15, 0.2) is 0 Å². The van der Waals surface area contributed by atoms with Gasteiger partial charge in [0.25, 0.3) is 0 Å². The fraction of sp³-hybridized carbons (Fsp3) is 0.542. The Morgan fingerprint density at radius 3 is 2.88 bits per heavy atom. The molecule has 1 aromatic heterocycles. The number of hydrogen-bond donors (Lipinski definition) is 2. The van der Waals surface area contributed by atoms with Crippen molar-refractivity contribution in [2.75, 3.05) is 51.8 Å². The number of likely N-dealkylation sites (N-methyl/N-ethyl adjacent to an activating group) is 1. The standard InChI is InChI=1S/C24H31ClFN5O2/c1-14-9-15(29(2)3)11-31(14)24-17-12-30-8-7-27-10-16(30)13-33-23(17)21(25)22(28-24)20-18(26)5-4-6-19(20)32/h4-6,14-16,27,32H,7-13H2,1-3H3/t14-,15+,16+/m0/s1. The van der Waals surface area contributed by atoms with E-state index in [4.69, 9.17) is 21.3 Å². The van der Waals surface area contributed by atoms with E-state index in [1.807, 2.05) is 0 Å². The summed E-state index contributed by atoms with van der Waals surface area (Å²) in [6, 6.07) is 5.10. The van der Waals surface area contributed by atoms with Gasteiger partial charge in [0.1, 0.15) is 40.5 Å². The van der Waals surface area contributed by atoms with Crippen LogP contribution in [0.3, 0.4) is 0 Å². The molecule has 0 spiro atoms. The predicted octanol–water partition coefficient (Wildman–Crippen LogP) is 2.94. The van der Waals surface area contributed by atoms with Crippen molar-refractivity contribution in [1.82, 2.24) is 20.1 Å². The van der Waals surface area contributed by atoms with Crippen molar-refractivity contribution >= 4 is 17.4 Å². The fourth-order valence-electron chi connectivity index (χ4n) is 5.24. The Morgan fingerprint density at radius 2 is 2.15 bits per heavy atom. The summed E-state index contributed by atoms with van der Waals surface area (Å²) in [5, 5.41) is 14.2. The lowest BCUT2D eigenvalue weighted by atomic mass is 10.1. The molecule has 0 bridgehead atoms. The molecule has 3 aliphatic heterocycles. The minimum Gasteiger partial charge on any atom is -0.507 e. The van der Waals surface area contributed by atoms with E-state index in [1.165, 1.54) is 18.2 Å². The molecule has 178 valence electrons. The molecule has 2 saturated heterocycles. The summed E-state index contributed by atoms with van der Waals surface area (Å²) in [4.78, 5) is 11.9. The molecule has 9 heteroatoms. The van der Waals surface area contributed by atoms with Gasteiger partial charge in [-0.25, -0.2) is 9.37 Å². The average molecular weight is 476 g/mol. The number of piperazine rings is 1. The van der Waals surface area contributed by atoms with Gasteiger partial charge in [0.05, 0.1) is 17.2 Å². The zero-order valence-corrected chi connectivity index (χ0v) is 20.1. The molecule has 3 atom stereocenters. The number of nitrogens with one attached hydrogen (secondary N) is 1. The van der Waals surface area contributed by atoms with E-state index in [1.54, 1.807) is 0 Å². The number of anilines is 1. The highest BCUT2D eigenvalue weighted by Crippen LogP contribution is 2.46. The summed E-state index contributed by atoms with van der Waals surface area (Å²) < 4.78 is 21.2. The molecule has 1 aromatic carbocycles. The number of pyridine rings is 1. The summed E-state index contributed by atoms with van der Waals surface area (Å²) in [6.07, 6.45) is 1.00. The summed E-state index contributed by atoms with van der Waals surface area (Å²) in [7, 11) is 4.18. The first-order valence-electron chi connectivity index (χ1n) is 11.6. The van der Waals surface area contributed by atoms with Gasteiger partial charge >= 0.3 is 0 Å². The third-order valence-electron chi connectivity index (χ3n) is 7.21. The summed E-state index contributed by atoms with van der Waals surface area (Å²) in [5.74, 6) is 0.565. The Labute approximate surface area is 199 Å². The first-order valence-corrected chi connectivity index (χ1v) is 11.9. The van der Waals surface area contributed by atoms with Crippen LogP contribution in [0.2, 0.25) is 5.02 Å². The largest absolute Gasteiger partial charge is 0.507 e. The Hall–Kier alpha value is -2.13. The molecule has 0 radical (unpaired) electrons. The smallest absolute Gasteiger partial charge is 0.148 e. The maximum Gasteiger partial charge on any atom is 0.148 e. The van der Waals surface area contributed by atoms with E-state index in [9.17, 15) is 9.50 Å². The molecule has 0 amide bonds. The van der Waals surface area contributed by atoms with Gasteiger partial charge in [0.2, 0.25) is 0 Å². The molecule has 0 aliphatic carbocycles. The second-order valence-corrected chi connectivity index (χ2v) is 9.91. The highest BCUT2D eigenvalue weighted by molar-refractivity contribution is 6.35. The van der Waals surface area contributed by atoms with Gasteiger partial charge in [-0.3, -0.25) is 4.90 Å². The number of rotatable bonds is 3. The normalized spacial score (nSPS) is 25.5. The van der Waals surface area contributed by atoms with Gasteiger partial charge in [-0.1, -0.05) is 17.7 Å². The van der Waals surface area contributed by atoms with Gasteiger partial charge in [-0.15, -0.1) is 0 Å². The van der Waals surface area contributed by atoms with Crippen molar-refractivity contribution in [3.8, 4) is 22.8 Å². The molecule has 7 nitrogen and oxygen atoms in total. The second-order valence-electron chi connectivity index (χ2n) is 9.53. The molecule has 33 heavy (non-hydrogen) atoms. The molecule has 0 unspecified atom stereocenters. The number of benzene rings is 1. The van der Waals surface area contributed by atoms with Crippen LogP contribution in [-0.2, 0) is 6.54 Å². The van der Waals surface area contributed by atoms with E-state index >= 15 is 0 Å². The first-order chi connectivity index (χ1) is 15.8. The Kier molecular flexibility index (Phi) is 6.11. The monoisotopic (exact) mass is 475 g/mol. The second kappa shape index (κ2) is 8.91. The molecule has 2 aromatic rings. The highest BCUT2D eigenvalue weighted by atomic mass is 35.5. The Morgan fingerprint density at radius 1 is 1.33 bits per heavy atom. The predicted molar refractivity (Wildman–Crippen MR) is 128 cm³/mol. The molecule has 2 N–H and O–H groups in total. The highest BCUT2D eigenvalue weighted by Gasteiger charge is 2.38. The van der Waals surface area contributed by atoms with E-state index in [-0.39, 0.29) is 34.1 Å².